The zero-order valence-electron chi connectivity index (χ0n) is 30.0. The molecule has 0 aromatic rings. The van der Waals surface area contributed by atoms with Crippen molar-refractivity contribution >= 4 is 11.8 Å². The zero-order chi connectivity index (χ0) is 32.2. The van der Waals surface area contributed by atoms with Gasteiger partial charge in [0.1, 0.15) is 6.04 Å². The van der Waals surface area contributed by atoms with Crippen LogP contribution in [0.2, 0.25) is 0 Å². The Morgan fingerprint density at radius 2 is 0.932 bits per heavy atom. The quantitative estimate of drug-likeness (QED) is 0.0488. The molecule has 0 fully saturated rings. The highest BCUT2D eigenvalue weighted by Crippen LogP contribution is 2.13. The largest absolute Gasteiger partial charge is 0.354 e. The molecule has 1 atom stereocenters. The summed E-state index contributed by atoms with van der Waals surface area (Å²) in [6, 6.07) is -0.440. The van der Waals surface area contributed by atoms with Crippen LogP contribution in [0, 0.1) is 0 Å². The van der Waals surface area contributed by atoms with Gasteiger partial charge in [0, 0.05) is 13.0 Å². The highest BCUT2D eigenvalue weighted by molar-refractivity contribution is 5.87. The van der Waals surface area contributed by atoms with E-state index in [0.717, 1.165) is 19.3 Å². The Bertz CT molecular complexity index is 637. The van der Waals surface area contributed by atoms with E-state index >= 15 is 0 Å². The van der Waals surface area contributed by atoms with E-state index in [1.54, 1.807) is 0 Å². The minimum atomic E-state index is -0.440. The van der Waals surface area contributed by atoms with Crippen LogP contribution in [-0.4, -0.2) is 38.0 Å². The lowest BCUT2D eigenvalue weighted by molar-refractivity contribution is -0.129. The monoisotopic (exact) mass is 620 g/mol. The average Bonchev–Trinajstić information content (AvgIpc) is 3.02. The molecule has 3 N–H and O–H groups in total. The van der Waals surface area contributed by atoms with E-state index in [2.05, 4.69) is 41.9 Å². The van der Waals surface area contributed by atoms with Gasteiger partial charge in [0.05, 0.1) is 0 Å². The lowest BCUT2D eigenvalue weighted by Crippen LogP contribution is -2.48. The molecule has 2 amide bonds. The number of carbonyl (C=O) groups is 2. The van der Waals surface area contributed by atoms with Crippen molar-refractivity contribution in [2.45, 2.75) is 206 Å². The first-order chi connectivity index (χ1) is 21.7. The Hall–Kier alpha value is -1.36. The van der Waals surface area contributed by atoms with E-state index in [-0.39, 0.29) is 11.8 Å². The molecule has 0 aromatic carbocycles. The van der Waals surface area contributed by atoms with Crippen LogP contribution in [0.1, 0.15) is 200 Å². The molecule has 0 aliphatic carbocycles. The molecule has 0 bridgehead atoms. The Balaban J connectivity index is 3.76. The summed E-state index contributed by atoms with van der Waals surface area (Å²) in [6.45, 7) is 5.97. The van der Waals surface area contributed by atoms with Gasteiger partial charge in [-0.15, -0.1) is 0 Å². The van der Waals surface area contributed by atoms with Crippen LogP contribution in [0.4, 0.5) is 0 Å². The lowest BCUT2D eigenvalue weighted by Gasteiger charge is -2.18. The molecule has 0 heterocycles. The van der Waals surface area contributed by atoms with E-state index in [4.69, 9.17) is 0 Å². The van der Waals surface area contributed by atoms with E-state index in [1.165, 1.54) is 154 Å². The third-order valence-corrected chi connectivity index (χ3v) is 8.83. The van der Waals surface area contributed by atoms with Gasteiger partial charge in [-0.25, -0.2) is 0 Å². The summed E-state index contributed by atoms with van der Waals surface area (Å²) < 4.78 is 0. The van der Waals surface area contributed by atoms with Crippen LogP contribution in [0.3, 0.4) is 0 Å². The van der Waals surface area contributed by atoms with Crippen molar-refractivity contribution in [3.05, 3.63) is 12.2 Å². The summed E-state index contributed by atoms with van der Waals surface area (Å²) in [4.78, 5) is 25.3. The minimum Gasteiger partial charge on any atom is -0.354 e. The molecular formula is C39H77N3O2. The summed E-state index contributed by atoms with van der Waals surface area (Å²) in [7, 11) is 1.89. The Kier molecular flexibility index (Phi) is 35.0. The second-order valence-corrected chi connectivity index (χ2v) is 13.2. The maximum absolute atomic E-state index is 12.8. The topological polar surface area (TPSA) is 70.2 Å². The Morgan fingerprint density at radius 1 is 0.523 bits per heavy atom. The van der Waals surface area contributed by atoms with Crippen molar-refractivity contribution in [1.29, 1.82) is 0 Å². The summed E-state index contributed by atoms with van der Waals surface area (Å²) in [5.74, 6) is -0.0248. The number of hydrogen-bond donors (Lipinski definition) is 3. The summed E-state index contributed by atoms with van der Waals surface area (Å²) in [6.07, 6.45) is 40.8. The molecule has 260 valence electrons. The molecule has 0 aliphatic rings. The molecule has 5 heteroatoms. The highest BCUT2D eigenvalue weighted by atomic mass is 16.2. The van der Waals surface area contributed by atoms with Crippen LogP contribution in [0.25, 0.3) is 0 Å². The summed E-state index contributed by atoms with van der Waals surface area (Å²) in [5.41, 5.74) is 0. The standard InChI is InChI=1S/C39H77N3O2/c1-4-6-8-10-12-14-16-18-20-21-23-25-27-29-31-33-38(43)42-37(34-36-40-3)39(44)41-35-32-30-28-26-24-22-19-17-15-13-11-9-7-5-2/h18,20,37,40H,4-17,19,21-36H2,1-3H3,(H,41,44)(H,42,43)/b20-18-. The molecule has 0 aromatic heterocycles. The van der Waals surface area contributed by atoms with Gasteiger partial charge >= 0.3 is 0 Å². The van der Waals surface area contributed by atoms with Crippen molar-refractivity contribution < 1.29 is 9.59 Å². The van der Waals surface area contributed by atoms with Crippen molar-refractivity contribution in [1.82, 2.24) is 16.0 Å². The predicted octanol–water partition coefficient (Wildman–Crippen LogP) is 10.7. The van der Waals surface area contributed by atoms with Crippen molar-refractivity contribution in [3.8, 4) is 0 Å². The number of amides is 2. The molecule has 0 radical (unpaired) electrons. The summed E-state index contributed by atoms with van der Waals surface area (Å²) >= 11 is 0. The van der Waals surface area contributed by atoms with Crippen LogP contribution < -0.4 is 16.0 Å². The normalized spacial score (nSPS) is 12.2. The maximum atomic E-state index is 12.8. The molecule has 0 aliphatic heterocycles. The Morgan fingerprint density at radius 3 is 1.39 bits per heavy atom. The van der Waals surface area contributed by atoms with Crippen LogP contribution in [0.15, 0.2) is 12.2 Å². The van der Waals surface area contributed by atoms with Gasteiger partial charge in [-0.1, -0.05) is 161 Å². The fourth-order valence-electron chi connectivity index (χ4n) is 5.83. The average molecular weight is 620 g/mol. The van der Waals surface area contributed by atoms with Gasteiger partial charge in [-0.3, -0.25) is 9.59 Å². The number of rotatable bonds is 35. The second kappa shape index (κ2) is 36.1. The SMILES string of the molecule is CCCCCCCC/C=C\CCCCCCCC(=O)NC(CCNC)C(=O)NCCCCCCCCCCCCCCCC. The number of carbonyl (C=O) groups excluding carboxylic acids is 2. The van der Waals surface area contributed by atoms with Gasteiger partial charge in [0.15, 0.2) is 0 Å². The van der Waals surface area contributed by atoms with Crippen molar-refractivity contribution in [3.63, 3.8) is 0 Å². The van der Waals surface area contributed by atoms with Gasteiger partial charge in [0.25, 0.3) is 0 Å². The van der Waals surface area contributed by atoms with Gasteiger partial charge < -0.3 is 16.0 Å². The van der Waals surface area contributed by atoms with E-state index in [1.807, 2.05) is 7.05 Å². The van der Waals surface area contributed by atoms with E-state index in [0.29, 0.717) is 25.9 Å². The number of nitrogens with one attached hydrogen (secondary N) is 3. The molecule has 5 nitrogen and oxygen atoms in total. The molecule has 44 heavy (non-hydrogen) atoms. The highest BCUT2D eigenvalue weighted by Gasteiger charge is 2.19. The molecular weight excluding hydrogens is 542 g/mol. The second-order valence-electron chi connectivity index (χ2n) is 13.2. The molecule has 0 spiro atoms. The van der Waals surface area contributed by atoms with Gasteiger partial charge in [-0.05, 0) is 58.5 Å². The predicted molar refractivity (Wildman–Crippen MR) is 193 cm³/mol. The third kappa shape index (κ3) is 32.0. The first kappa shape index (κ1) is 42.6. The smallest absolute Gasteiger partial charge is 0.242 e. The number of hydrogen-bond acceptors (Lipinski definition) is 3. The first-order valence-electron chi connectivity index (χ1n) is 19.5. The minimum absolute atomic E-state index is 0.00961. The van der Waals surface area contributed by atoms with Gasteiger partial charge in [-0.2, -0.15) is 0 Å². The van der Waals surface area contributed by atoms with E-state index < -0.39 is 6.04 Å². The molecule has 1 unspecified atom stereocenters. The fraction of sp³-hybridized carbons (Fsp3) is 0.897. The number of unbranched alkanes of at least 4 members (excludes halogenated alkanes) is 24. The van der Waals surface area contributed by atoms with Crippen LogP contribution >= 0.6 is 0 Å². The van der Waals surface area contributed by atoms with Gasteiger partial charge in [0.2, 0.25) is 11.8 Å². The fourth-order valence-corrected chi connectivity index (χ4v) is 5.83. The maximum Gasteiger partial charge on any atom is 0.242 e. The van der Waals surface area contributed by atoms with Crippen LogP contribution in [-0.2, 0) is 9.59 Å². The zero-order valence-corrected chi connectivity index (χ0v) is 30.0. The molecule has 0 rings (SSSR count). The molecule has 0 saturated carbocycles. The lowest BCUT2D eigenvalue weighted by atomic mass is 10.0. The van der Waals surface area contributed by atoms with E-state index in [9.17, 15) is 9.59 Å². The van der Waals surface area contributed by atoms with Crippen LogP contribution in [0.5, 0.6) is 0 Å². The third-order valence-electron chi connectivity index (χ3n) is 8.83. The Labute approximate surface area is 275 Å². The van der Waals surface area contributed by atoms with Crippen molar-refractivity contribution in [2.24, 2.45) is 0 Å². The molecule has 0 saturated heterocycles. The summed E-state index contributed by atoms with van der Waals surface area (Å²) in [5, 5.41) is 9.19. The number of allylic oxidation sites excluding steroid dienone is 2. The van der Waals surface area contributed by atoms with Crippen molar-refractivity contribution in [2.75, 3.05) is 20.1 Å². The first-order valence-corrected chi connectivity index (χ1v) is 19.5.